The van der Waals surface area contributed by atoms with Crippen LogP contribution in [-0.2, 0) is 17.8 Å². The number of guanidine groups is 1. The Morgan fingerprint density at radius 3 is 2.57 bits per heavy atom. The van der Waals surface area contributed by atoms with Crippen molar-refractivity contribution in [2.75, 3.05) is 16.0 Å². The SMILES string of the molecule is CC1OC(=O)N(c2cnn3c2CN(C(=N)Nc2cc(F)c(N)c(F)c2)[C@@H](C)C3)[C@H]1C. The van der Waals surface area contributed by atoms with Gasteiger partial charge in [-0.2, -0.15) is 5.10 Å². The van der Waals surface area contributed by atoms with Gasteiger partial charge in [0.1, 0.15) is 11.8 Å². The van der Waals surface area contributed by atoms with E-state index in [0.717, 1.165) is 17.8 Å². The monoisotopic (exact) mass is 419 g/mol. The smallest absolute Gasteiger partial charge is 0.415 e. The number of nitrogens with one attached hydrogen (secondary N) is 2. The lowest BCUT2D eigenvalue weighted by Gasteiger charge is -2.36. The zero-order chi connectivity index (χ0) is 21.7. The van der Waals surface area contributed by atoms with E-state index in [1.165, 1.54) is 0 Å². The molecule has 0 bridgehead atoms. The lowest BCUT2D eigenvalue weighted by atomic mass is 10.1. The molecule has 4 rings (SSSR count). The number of fused-ring (bicyclic) bond motifs is 1. The van der Waals surface area contributed by atoms with Crippen LogP contribution in [0.15, 0.2) is 18.3 Å². The molecule has 1 amide bonds. The second kappa shape index (κ2) is 7.15. The van der Waals surface area contributed by atoms with Crippen LogP contribution in [0.25, 0.3) is 0 Å². The van der Waals surface area contributed by atoms with Gasteiger partial charge in [-0.1, -0.05) is 0 Å². The first-order valence-corrected chi connectivity index (χ1v) is 9.58. The summed E-state index contributed by atoms with van der Waals surface area (Å²) in [5.74, 6) is -1.82. The molecule has 2 aliphatic rings. The van der Waals surface area contributed by atoms with Gasteiger partial charge in [0.15, 0.2) is 17.6 Å². The fourth-order valence-corrected chi connectivity index (χ4v) is 3.76. The van der Waals surface area contributed by atoms with Gasteiger partial charge in [-0.25, -0.2) is 13.6 Å². The molecule has 160 valence electrons. The number of amides is 1. The van der Waals surface area contributed by atoms with Crippen LogP contribution in [0.3, 0.4) is 0 Å². The number of hydrogen-bond acceptors (Lipinski definition) is 5. The molecule has 4 N–H and O–H groups in total. The van der Waals surface area contributed by atoms with Gasteiger partial charge in [-0.15, -0.1) is 0 Å². The highest BCUT2D eigenvalue weighted by molar-refractivity contribution is 5.93. The molecule has 9 nitrogen and oxygen atoms in total. The topological polar surface area (TPSA) is 112 Å². The third-order valence-electron chi connectivity index (χ3n) is 5.67. The number of ether oxygens (including phenoxy) is 1. The van der Waals surface area contributed by atoms with E-state index >= 15 is 0 Å². The second-order valence-corrected chi connectivity index (χ2v) is 7.66. The molecule has 1 saturated heterocycles. The normalized spacial score (nSPS) is 23.4. The van der Waals surface area contributed by atoms with Gasteiger partial charge >= 0.3 is 6.09 Å². The van der Waals surface area contributed by atoms with Gasteiger partial charge in [-0.05, 0) is 32.9 Å². The number of anilines is 3. The van der Waals surface area contributed by atoms with Crippen molar-refractivity contribution in [3.8, 4) is 0 Å². The number of halogens is 2. The minimum Gasteiger partial charge on any atom is -0.444 e. The molecule has 3 heterocycles. The van der Waals surface area contributed by atoms with E-state index in [-0.39, 0.29) is 36.4 Å². The Labute approximate surface area is 171 Å². The summed E-state index contributed by atoms with van der Waals surface area (Å²) >= 11 is 0. The summed E-state index contributed by atoms with van der Waals surface area (Å²) in [6, 6.07) is 1.81. The van der Waals surface area contributed by atoms with Crippen molar-refractivity contribution in [3.05, 3.63) is 35.7 Å². The quantitative estimate of drug-likeness (QED) is 0.392. The van der Waals surface area contributed by atoms with E-state index in [1.807, 2.05) is 20.8 Å². The number of carbonyl (C=O) groups is 1. The molecular weight excluding hydrogens is 396 g/mol. The van der Waals surface area contributed by atoms with Crippen LogP contribution in [-0.4, -0.2) is 44.9 Å². The maximum atomic E-state index is 13.7. The Bertz CT molecular complexity index is 1000. The molecule has 1 unspecified atom stereocenters. The third-order valence-corrected chi connectivity index (χ3v) is 5.67. The molecule has 2 aromatic rings. The first kappa shape index (κ1) is 19.9. The van der Waals surface area contributed by atoms with E-state index in [1.54, 1.807) is 20.7 Å². The summed E-state index contributed by atoms with van der Waals surface area (Å²) in [5, 5.41) is 15.6. The zero-order valence-electron chi connectivity index (χ0n) is 16.8. The standard InChI is InChI=1S/C19H23F2N7O2/c1-9-7-27-16(15(6-24-27)28-10(2)11(3)30-19(28)29)8-26(9)18(23)25-12-4-13(20)17(22)14(21)5-12/h4-6,9-11H,7-8,22H2,1-3H3,(H2,23,25)/t9-,10-,11?/m0/s1. The van der Waals surface area contributed by atoms with Crippen molar-refractivity contribution < 1.29 is 18.3 Å². The van der Waals surface area contributed by atoms with Crippen LogP contribution in [0, 0.1) is 17.0 Å². The van der Waals surface area contributed by atoms with E-state index in [0.29, 0.717) is 12.2 Å². The van der Waals surface area contributed by atoms with Gasteiger partial charge in [-0.3, -0.25) is 15.0 Å². The van der Waals surface area contributed by atoms with Crippen LogP contribution in [0.4, 0.5) is 30.6 Å². The molecule has 30 heavy (non-hydrogen) atoms. The van der Waals surface area contributed by atoms with Gasteiger partial charge in [0.2, 0.25) is 0 Å². The van der Waals surface area contributed by atoms with Gasteiger partial charge < -0.3 is 20.7 Å². The Hall–Kier alpha value is -3.37. The molecule has 0 saturated carbocycles. The lowest BCUT2D eigenvalue weighted by Crippen LogP contribution is -2.47. The molecule has 0 spiro atoms. The first-order chi connectivity index (χ1) is 14.2. The summed E-state index contributed by atoms with van der Waals surface area (Å²) in [5.41, 5.74) is 6.21. The second-order valence-electron chi connectivity index (χ2n) is 7.66. The number of nitrogen functional groups attached to an aromatic ring is 1. The number of hydrogen-bond donors (Lipinski definition) is 3. The van der Waals surface area contributed by atoms with Crippen LogP contribution in [0.5, 0.6) is 0 Å². The third kappa shape index (κ3) is 3.19. The predicted octanol–water partition coefficient (Wildman–Crippen LogP) is 2.73. The first-order valence-electron chi connectivity index (χ1n) is 9.58. The van der Waals surface area contributed by atoms with E-state index in [2.05, 4.69) is 10.4 Å². The van der Waals surface area contributed by atoms with Crippen LogP contribution in [0.2, 0.25) is 0 Å². The number of aromatic nitrogens is 2. The van der Waals surface area contributed by atoms with Gasteiger partial charge in [0.25, 0.3) is 0 Å². The number of cyclic esters (lactones) is 1. The molecule has 2 aliphatic heterocycles. The minimum atomic E-state index is -0.895. The fourth-order valence-electron chi connectivity index (χ4n) is 3.76. The highest BCUT2D eigenvalue weighted by atomic mass is 19.1. The number of benzene rings is 1. The van der Waals surface area contributed by atoms with Gasteiger partial charge in [0.05, 0.1) is 36.7 Å². The average molecular weight is 419 g/mol. The van der Waals surface area contributed by atoms with Crippen molar-refractivity contribution in [1.82, 2.24) is 14.7 Å². The molecule has 1 fully saturated rings. The number of carbonyl (C=O) groups excluding carboxylic acids is 1. The highest BCUT2D eigenvalue weighted by Crippen LogP contribution is 2.33. The van der Waals surface area contributed by atoms with E-state index in [4.69, 9.17) is 15.9 Å². The van der Waals surface area contributed by atoms with E-state index < -0.39 is 23.4 Å². The van der Waals surface area contributed by atoms with E-state index in [9.17, 15) is 13.6 Å². The van der Waals surface area contributed by atoms with Crippen LogP contribution in [0.1, 0.15) is 26.5 Å². The minimum absolute atomic E-state index is 0.0325. The van der Waals surface area contributed by atoms with Crippen molar-refractivity contribution in [2.24, 2.45) is 0 Å². The Kier molecular flexibility index (Phi) is 4.75. The molecule has 0 aliphatic carbocycles. The predicted molar refractivity (Wildman–Crippen MR) is 107 cm³/mol. The Morgan fingerprint density at radius 1 is 1.30 bits per heavy atom. The zero-order valence-corrected chi connectivity index (χ0v) is 16.8. The molecule has 1 aromatic carbocycles. The summed E-state index contributed by atoms with van der Waals surface area (Å²) in [6.07, 6.45) is 0.947. The number of nitrogens with two attached hydrogens (primary N) is 1. The molecular formula is C19H23F2N7O2. The van der Waals surface area contributed by atoms with Crippen molar-refractivity contribution >= 4 is 29.1 Å². The van der Waals surface area contributed by atoms with Gasteiger partial charge in [0, 0.05) is 11.7 Å². The number of nitrogens with zero attached hydrogens (tertiary/aromatic N) is 4. The van der Waals surface area contributed by atoms with Crippen LogP contribution < -0.4 is 16.0 Å². The summed E-state index contributed by atoms with van der Waals surface area (Å²) < 4.78 is 34.6. The lowest BCUT2D eigenvalue weighted by molar-refractivity contribution is 0.143. The molecule has 11 heteroatoms. The summed E-state index contributed by atoms with van der Waals surface area (Å²) in [7, 11) is 0. The average Bonchev–Trinajstić information content (AvgIpc) is 3.18. The van der Waals surface area contributed by atoms with Crippen LogP contribution >= 0.6 is 0 Å². The molecule has 3 atom stereocenters. The Morgan fingerprint density at radius 2 is 1.97 bits per heavy atom. The molecule has 0 radical (unpaired) electrons. The van der Waals surface area contributed by atoms with Crippen molar-refractivity contribution in [3.63, 3.8) is 0 Å². The summed E-state index contributed by atoms with van der Waals surface area (Å²) in [6.45, 7) is 6.41. The Balaban J connectivity index is 1.58. The van der Waals surface area contributed by atoms with Crippen molar-refractivity contribution in [2.45, 2.75) is 52.0 Å². The molecule has 1 aromatic heterocycles. The van der Waals surface area contributed by atoms with Crippen molar-refractivity contribution in [1.29, 1.82) is 5.41 Å². The highest BCUT2D eigenvalue weighted by Gasteiger charge is 2.40. The maximum Gasteiger partial charge on any atom is 0.415 e. The largest absolute Gasteiger partial charge is 0.444 e. The fraction of sp³-hybridized carbons (Fsp3) is 0.421. The maximum absolute atomic E-state index is 13.7. The number of rotatable bonds is 2. The summed E-state index contributed by atoms with van der Waals surface area (Å²) in [4.78, 5) is 15.6.